The highest BCUT2D eigenvalue weighted by Crippen LogP contribution is 2.41. The molecule has 1 saturated carbocycles. The molecule has 0 spiro atoms. The quantitative estimate of drug-likeness (QED) is 0.756. The summed E-state index contributed by atoms with van der Waals surface area (Å²) in [7, 11) is 2.21. The Balaban J connectivity index is 2.67. The first-order valence-electron chi connectivity index (χ1n) is 7.85. The van der Waals surface area contributed by atoms with Crippen molar-refractivity contribution >= 4 is 0 Å². The Bertz CT molecular complexity index is 308. The van der Waals surface area contributed by atoms with E-state index >= 15 is 0 Å². The fourth-order valence-electron chi connectivity index (χ4n) is 3.20. The van der Waals surface area contributed by atoms with Crippen molar-refractivity contribution in [3.05, 3.63) is 0 Å². The van der Waals surface area contributed by atoms with Crippen LogP contribution in [0.25, 0.3) is 0 Å². The summed E-state index contributed by atoms with van der Waals surface area (Å²) in [4.78, 5) is 2.45. The first kappa shape index (κ1) is 16.5. The molecule has 0 aromatic rings. The maximum atomic E-state index is 9.40. The molecule has 0 saturated heterocycles. The van der Waals surface area contributed by atoms with Crippen molar-refractivity contribution in [2.45, 2.75) is 66.3 Å². The number of hydrogen-bond donors (Lipinski definition) is 0. The maximum absolute atomic E-state index is 9.40. The Hall–Kier alpha value is -0.550. The second-order valence-corrected chi connectivity index (χ2v) is 7.84. The van der Waals surface area contributed by atoms with Crippen LogP contribution in [-0.2, 0) is 0 Å². The molecule has 3 atom stereocenters. The minimum absolute atomic E-state index is 0.232. The van der Waals surface area contributed by atoms with Gasteiger partial charge in [0.15, 0.2) is 0 Å². The average Bonchev–Trinajstić information content (AvgIpc) is 2.33. The number of hydrogen-bond acceptors (Lipinski definition) is 2. The minimum Gasteiger partial charge on any atom is -0.302 e. The van der Waals surface area contributed by atoms with Gasteiger partial charge in [-0.15, -0.1) is 0 Å². The lowest BCUT2D eigenvalue weighted by Gasteiger charge is -2.43. The highest BCUT2D eigenvalue weighted by atomic mass is 15.1. The van der Waals surface area contributed by atoms with E-state index in [-0.39, 0.29) is 5.92 Å². The van der Waals surface area contributed by atoms with Crippen LogP contribution in [0, 0.1) is 34.5 Å². The highest BCUT2D eigenvalue weighted by Gasteiger charge is 2.37. The minimum atomic E-state index is 0.232. The van der Waals surface area contributed by atoms with Gasteiger partial charge in [-0.3, -0.25) is 0 Å². The summed E-state index contributed by atoms with van der Waals surface area (Å²) in [5.41, 5.74) is 0.373. The van der Waals surface area contributed by atoms with Crippen LogP contribution in [0.3, 0.4) is 0 Å². The van der Waals surface area contributed by atoms with Crippen LogP contribution in [0.4, 0.5) is 0 Å². The summed E-state index contributed by atoms with van der Waals surface area (Å²) >= 11 is 0. The molecule has 0 aliphatic heterocycles. The Labute approximate surface area is 120 Å². The summed E-state index contributed by atoms with van der Waals surface area (Å²) in [6, 6.07) is 3.01. The van der Waals surface area contributed by atoms with Gasteiger partial charge in [0.1, 0.15) is 0 Å². The molecule has 2 nitrogen and oxygen atoms in total. The summed E-state index contributed by atoms with van der Waals surface area (Å²) in [5.74, 6) is 1.73. The Morgan fingerprint density at radius 3 is 2.37 bits per heavy atom. The van der Waals surface area contributed by atoms with Gasteiger partial charge < -0.3 is 4.90 Å². The van der Waals surface area contributed by atoms with E-state index in [9.17, 15) is 5.26 Å². The molecule has 1 rings (SSSR count). The number of nitrogens with zero attached hydrogens (tertiary/aromatic N) is 2. The second kappa shape index (κ2) is 6.75. The zero-order valence-corrected chi connectivity index (χ0v) is 13.7. The van der Waals surface area contributed by atoms with Gasteiger partial charge >= 0.3 is 0 Å². The SMILES string of the molecule is CC(C)CCN(C)C1CC(C(C)(C)C)CCC1C#N. The third kappa shape index (κ3) is 4.80. The zero-order valence-electron chi connectivity index (χ0n) is 13.7. The lowest BCUT2D eigenvalue weighted by atomic mass is 9.68. The van der Waals surface area contributed by atoms with Crippen LogP contribution in [0.1, 0.15) is 60.3 Å². The van der Waals surface area contributed by atoms with Gasteiger partial charge in [0, 0.05) is 6.04 Å². The largest absolute Gasteiger partial charge is 0.302 e. The van der Waals surface area contributed by atoms with Crippen LogP contribution < -0.4 is 0 Å². The molecule has 3 unspecified atom stereocenters. The van der Waals surface area contributed by atoms with E-state index in [1.54, 1.807) is 0 Å². The molecule has 110 valence electrons. The molecule has 0 heterocycles. The molecular formula is C17H32N2. The molecule has 1 aliphatic carbocycles. The van der Waals surface area contributed by atoms with E-state index in [0.717, 1.165) is 24.8 Å². The van der Waals surface area contributed by atoms with Crippen molar-refractivity contribution < 1.29 is 0 Å². The van der Waals surface area contributed by atoms with Crippen LogP contribution >= 0.6 is 0 Å². The summed E-state index contributed by atoms with van der Waals surface area (Å²) in [6.07, 6.45) is 4.72. The van der Waals surface area contributed by atoms with E-state index in [4.69, 9.17) is 0 Å². The lowest BCUT2D eigenvalue weighted by molar-refractivity contribution is 0.0728. The number of nitriles is 1. The monoisotopic (exact) mass is 264 g/mol. The van der Waals surface area contributed by atoms with Crippen LogP contribution in [0.2, 0.25) is 0 Å². The summed E-state index contributed by atoms with van der Waals surface area (Å²) < 4.78 is 0. The van der Waals surface area contributed by atoms with Gasteiger partial charge in [-0.2, -0.15) is 5.26 Å². The predicted molar refractivity (Wildman–Crippen MR) is 81.8 cm³/mol. The van der Waals surface area contributed by atoms with E-state index in [1.165, 1.54) is 19.3 Å². The van der Waals surface area contributed by atoms with E-state index in [2.05, 4.69) is 52.6 Å². The molecule has 1 fully saturated rings. The van der Waals surface area contributed by atoms with Crippen molar-refractivity contribution in [3.63, 3.8) is 0 Å². The highest BCUT2D eigenvalue weighted by molar-refractivity contribution is 4.98. The molecule has 0 aromatic carbocycles. The fourth-order valence-corrected chi connectivity index (χ4v) is 3.20. The Kier molecular flexibility index (Phi) is 5.86. The lowest BCUT2D eigenvalue weighted by Crippen LogP contribution is -2.44. The van der Waals surface area contributed by atoms with Gasteiger partial charge in [-0.05, 0) is 56.5 Å². The van der Waals surface area contributed by atoms with E-state index in [1.807, 2.05) is 0 Å². The molecule has 1 aliphatic rings. The molecule has 0 aromatic heterocycles. The predicted octanol–water partition coefficient (Wildman–Crippen LogP) is 4.32. The molecule has 0 N–H and O–H groups in total. The first-order chi connectivity index (χ1) is 8.75. The van der Waals surface area contributed by atoms with Crippen molar-refractivity contribution in [2.24, 2.45) is 23.2 Å². The van der Waals surface area contributed by atoms with Gasteiger partial charge in [-0.25, -0.2) is 0 Å². The number of rotatable bonds is 4. The first-order valence-corrected chi connectivity index (χ1v) is 7.85. The van der Waals surface area contributed by atoms with E-state index < -0.39 is 0 Å². The Morgan fingerprint density at radius 1 is 1.26 bits per heavy atom. The smallest absolute Gasteiger partial charge is 0.0672 e. The van der Waals surface area contributed by atoms with Crippen LogP contribution in [0.5, 0.6) is 0 Å². The fraction of sp³-hybridized carbons (Fsp3) is 0.941. The topological polar surface area (TPSA) is 27.0 Å². The molecular weight excluding hydrogens is 232 g/mol. The second-order valence-electron chi connectivity index (χ2n) is 7.84. The maximum Gasteiger partial charge on any atom is 0.0672 e. The molecule has 19 heavy (non-hydrogen) atoms. The van der Waals surface area contributed by atoms with Gasteiger partial charge in [0.05, 0.1) is 12.0 Å². The van der Waals surface area contributed by atoms with Crippen molar-refractivity contribution in [3.8, 4) is 6.07 Å². The average molecular weight is 264 g/mol. The van der Waals surface area contributed by atoms with Gasteiger partial charge in [0.25, 0.3) is 0 Å². The standard InChI is InChI=1S/C17H32N2/c1-13(2)9-10-19(6)16-11-15(17(3,4)5)8-7-14(16)12-18/h13-16H,7-11H2,1-6H3. The molecule has 2 heteroatoms. The molecule has 0 radical (unpaired) electrons. The third-order valence-corrected chi connectivity index (χ3v) is 4.83. The van der Waals surface area contributed by atoms with E-state index in [0.29, 0.717) is 11.5 Å². The molecule has 0 amide bonds. The van der Waals surface area contributed by atoms with Crippen molar-refractivity contribution in [1.82, 2.24) is 4.90 Å². The van der Waals surface area contributed by atoms with Crippen molar-refractivity contribution in [2.75, 3.05) is 13.6 Å². The normalized spacial score (nSPS) is 28.7. The van der Waals surface area contributed by atoms with Crippen LogP contribution in [-0.4, -0.2) is 24.5 Å². The third-order valence-electron chi connectivity index (χ3n) is 4.83. The Morgan fingerprint density at radius 2 is 1.89 bits per heavy atom. The zero-order chi connectivity index (χ0) is 14.6. The molecule has 0 bridgehead atoms. The van der Waals surface area contributed by atoms with Gasteiger partial charge in [0.2, 0.25) is 0 Å². The van der Waals surface area contributed by atoms with Crippen LogP contribution in [0.15, 0.2) is 0 Å². The summed E-state index contributed by atoms with van der Waals surface area (Å²) in [5, 5.41) is 9.40. The van der Waals surface area contributed by atoms with Gasteiger partial charge in [-0.1, -0.05) is 34.6 Å². The summed E-state index contributed by atoms with van der Waals surface area (Å²) in [6.45, 7) is 12.7. The van der Waals surface area contributed by atoms with Crippen molar-refractivity contribution in [1.29, 1.82) is 5.26 Å².